The summed E-state index contributed by atoms with van der Waals surface area (Å²) in [7, 11) is 0. The lowest BCUT2D eigenvalue weighted by Crippen LogP contribution is -2.22. The summed E-state index contributed by atoms with van der Waals surface area (Å²) < 4.78 is 31.7. The average Bonchev–Trinajstić information content (AvgIpc) is 2.65. The summed E-state index contributed by atoms with van der Waals surface area (Å²) in [6.45, 7) is 10.0. The van der Waals surface area contributed by atoms with Crippen molar-refractivity contribution in [3.05, 3.63) is 90.3 Å². The first kappa shape index (κ1) is 19.2. The zero-order valence-electron chi connectivity index (χ0n) is 14.6. The van der Waals surface area contributed by atoms with Crippen LogP contribution in [0.1, 0.15) is 18.1 Å². The molecule has 136 valence electrons. The van der Waals surface area contributed by atoms with Gasteiger partial charge in [0.25, 0.3) is 0 Å². The van der Waals surface area contributed by atoms with Crippen molar-refractivity contribution >= 4 is 5.71 Å². The summed E-state index contributed by atoms with van der Waals surface area (Å²) in [5, 5.41) is 7.23. The Hall–Kier alpha value is -3.15. The number of ether oxygens (including phenoxy) is 1. The number of nitrogens with zero attached hydrogens (tertiary/aromatic N) is 1. The fourth-order valence-electron chi connectivity index (χ4n) is 2.04. The Kier molecular flexibility index (Phi) is 6.91. The molecule has 2 aromatic rings. The first-order valence-corrected chi connectivity index (χ1v) is 8.00. The molecular formula is C20H21F2N3O. The van der Waals surface area contributed by atoms with Crippen molar-refractivity contribution in [2.45, 2.75) is 13.5 Å². The maximum absolute atomic E-state index is 13.2. The van der Waals surface area contributed by atoms with Crippen LogP contribution in [0.4, 0.5) is 8.78 Å². The molecule has 0 aliphatic carbocycles. The van der Waals surface area contributed by atoms with E-state index < -0.39 is 11.6 Å². The van der Waals surface area contributed by atoms with Crippen molar-refractivity contribution in [3.63, 3.8) is 0 Å². The van der Waals surface area contributed by atoms with Crippen LogP contribution in [0.3, 0.4) is 0 Å². The lowest BCUT2D eigenvalue weighted by atomic mass is 10.1. The molecular weight excluding hydrogens is 336 g/mol. The van der Waals surface area contributed by atoms with Gasteiger partial charge < -0.3 is 10.1 Å². The monoisotopic (exact) mass is 357 g/mol. The summed E-state index contributed by atoms with van der Waals surface area (Å²) in [5.41, 5.74) is 5.07. The van der Waals surface area contributed by atoms with Gasteiger partial charge in [0.05, 0.1) is 5.71 Å². The van der Waals surface area contributed by atoms with Crippen molar-refractivity contribution in [1.82, 2.24) is 10.7 Å². The Balaban J connectivity index is 1.91. The smallest absolute Gasteiger partial charge is 0.159 e. The van der Waals surface area contributed by atoms with Crippen molar-refractivity contribution in [2.75, 3.05) is 6.54 Å². The van der Waals surface area contributed by atoms with Crippen molar-refractivity contribution < 1.29 is 13.5 Å². The van der Waals surface area contributed by atoms with Crippen molar-refractivity contribution in [1.29, 1.82) is 0 Å². The van der Waals surface area contributed by atoms with Gasteiger partial charge in [0.2, 0.25) is 0 Å². The number of benzene rings is 2. The minimum Gasteiger partial charge on any atom is -0.489 e. The highest BCUT2D eigenvalue weighted by atomic mass is 19.2. The molecule has 2 aromatic carbocycles. The van der Waals surface area contributed by atoms with Gasteiger partial charge in [-0.15, -0.1) is 6.58 Å². The molecule has 6 heteroatoms. The van der Waals surface area contributed by atoms with E-state index in [0.29, 0.717) is 23.7 Å². The van der Waals surface area contributed by atoms with E-state index in [-0.39, 0.29) is 6.61 Å². The molecule has 0 aliphatic rings. The maximum atomic E-state index is 13.2. The Bertz CT molecular complexity index is 801. The summed E-state index contributed by atoms with van der Waals surface area (Å²) in [5.74, 6) is -0.555. The van der Waals surface area contributed by atoms with Crippen LogP contribution in [0.2, 0.25) is 0 Å². The molecule has 0 unspecified atom stereocenters. The molecule has 26 heavy (non-hydrogen) atoms. The largest absolute Gasteiger partial charge is 0.489 e. The predicted octanol–water partition coefficient (Wildman–Crippen LogP) is 4.10. The molecule has 2 N–H and O–H groups in total. The Morgan fingerprint density at radius 3 is 2.54 bits per heavy atom. The summed E-state index contributed by atoms with van der Waals surface area (Å²) >= 11 is 0. The van der Waals surface area contributed by atoms with Crippen LogP contribution in [0.25, 0.3) is 0 Å². The fourth-order valence-corrected chi connectivity index (χ4v) is 2.04. The number of halogens is 2. The zero-order chi connectivity index (χ0) is 18.9. The van der Waals surface area contributed by atoms with Crippen LogP contribution in [-0.4, -0.2) is 12.3 Å². The molecule has 0 saturated heterocycles. The first-order chi connectivity index (χ1) is 12.5. The third-order valence-corrected chi connectivity index (χ3v) is 3.48. The van der Waals surface area contributed by atoms with Crippen LogP contribution in [0, 0.1) is 11.6 Å². The molecule has 0 atom stereocenters. The Morgan fingerprint density at radius 1 is 1.15 bits per heavy atom. The summed E-state index contributed by atoms with van der Waals surface area (Å²) in [4.78, 5) is 0. The number of hydrazone groups is 1. The van der Waals surface area contributed by atoms with Gasteiger partial charge in [-0.3, -0.25) is 5.43 Å². The number of hydrogen-bond acceptors (Lipinski definition) is 4. The van der Waals surface area contributed by atoms with Gasteiger partial charge in [-0.1, -0.05) is 18.7 Å². The van der Waals surface area contributed by atoms with E-state index in [1.165, 1.54) is 6.07 Å². The van der Waals surface area contributed by atoms with Gasteiger partial charge in [0.15, 0.2) is 11.6 Å². The van der Waals surface area contributed by atoms with Gasteiger partial charge >= 0.3 is 0 Å². The normalized spacial score (nSPS) is 11.0. The van der Waals surface area contributed by atoms with Gasteiger partial charge in [0.1, 0.15) is 18.2 Å². The number of hydrogen-bond donors (Lipinski definition) is 2. The second kappa shape index (κ2) is 9.36. The van der Waals surface area contributed by atoms with Gasteiger partial charge in [0, 0.05) is 6.54 Å². The molecule has 0 fully saturated rings. The lowest BCUT2D eigenvalue weighted by Gasteiger charge is -2.09. The topological polar surface area (TPSA) is 45.7 Å². The first-order valence-electron chi connectivity index (χ1n) is 8.00. The highest BCUT2D eigenvalue weighted by molar-refractivity contribution is 5.98. The minimum atomic E-state index is -0.884. The van der Waals surface area contributed by atoms with Gasteiger partial charge in [-0.2, -0.15) is 5.10 Å². The quantitative estimate of drug-likeness (QED) is 0.403. The van der Waals surface area contributed by atoms with E-state index in [0.717, 1.165) is 23.4 Å². The van der Waals surface area contributed by atoms with Crippen molar-refractivity contribution in [2.24, 2.45) is 5.10 Å². The standard InChI is InChI=1S/C20H21F2N3O/c1-4-11-23-15(3)25-24-14(2)17-6-8-18(9-7-17)26-13-16-5-10-19(21)20(22)12-16/h4-10,12,23,25H,1,3,11,13H2,2H3/b24-14+. The number of rotatable bonds is 9. The van der Waals surface area contributed by atoms with E-state index in [1.54, 1.807) is 18.2 Å². The summed E-state index contributed by atoms with van der Waals surface area (Å²) in [6, 6.07) is 11.0. The minimum absolute atomic E-state index is 0.153. The molecule has 0 saturated carbocycles. The SMILES string of the molecule is C=CCNC(=C)N/N=C(\C)c1ccc(OCc2ccc(F)c(F)c2)cc1. The second-order valence-electron chi connectivity index (χ2n) is 5.52. The average molecular weight is 357 g/mol. The zero-order valence-corrected chi connectivity index (χ0v) is 14.6. The third kappa shape index (κ3) is 5.73. The van der Waals surface area contributed by atoms with E-state index >= 15 is 0 Å². The van der Waals surface area contributed by atoms with E-state index in [9.17, 15) is 8.78 Å². The van der Waals surface area contributed by atoms with Crippen LogP contribution < -0.4 is 15.5 Å². The van der Waals surface area contributed by atoms with Crippen LogP contribution in [-0.2, 0) is 6.61 Å². The van der Waals surface area contributed by atoms with Crippen LogP contribution >= 0.6 is 0 Å². The van der Waals surface area contributed by atoms with Crippen molar-refractivity contribution in [3.8, 4) is 5.75 Å². The van der Waals surface area contributed by atoms with Gasteiger partial charge in [-0.25, -0.2) is 8.78 Å². The molecule has 0 amide bonds. The Labute approximate surface area is 151 Å². The molecule has 0 aromatic heterocycles. The van der Waals surface area contributed by atoms with E-state index in [2.05, 4.69) is 29.0 Å². The molecule has 4 nitrogen and oxygen atoms in total. The molecule has 0 radical (unpaired) electrons. The molecule has 0 bridgehead atoms. The second-order valence-corrected chi connectivity index (χ2v) is 5.52. The molecule has 0 spiro atoms. The maximum Gasteiger partial charge on any atom is 0.159 e. The number of nitrogens with one attached hydrogen (secondary N) is 2. The van der Waals surface area contributed by atoms with Crippen LogP contribution in [0.15, 0.2) is 72.6 Å². The van der Waals surface area contributed by atoms with E-state index in [4.69, 9.17) is 4.74 Å². The highest BCUT2D eigenvalue weighted by Gasteiger charge is 2.04. The van der Waals surface area contributed by atoms with Gasteiger partial charge in [-0.05, 0) is 54.4 Å². The summed E-state index contributed by atoms with van der Waals surface area (Å²) in [6.07, 6.45) is 1.72. The lowest BCUT2D eigenvalue weighted by molar-refractivity contribution is 0.305. The molecule has 2 rings (SSSR count). The van der Waals surface area contributed by atoms with Crippen LogP contribution in [0.5, 0.6) is 5.75 Å². The predicted molar refractivity (Wildman–Crippen MR) is 99.8 cm³/mol. The fraction of sp³-hybridized carbons (Fsp3) is 0.150. The molecule has 0 aliphatic heterocycles. The third-order valence-electron chi connectivity index (χ3n) is 3.48. The Morgan fingerprint density at radius 2 is 1.88 bits per heavy atom. The molecule has 0 heterocycles. The highest BCUT2D eigenvalue weighted by Crippen LogP contribution is 2.16. The van der Waals surface area contributed by atoms with E-state index in [1.807, 2.05) is 19.1 Å².